The molecular formula is C5H4O4S. The molecule has 1 rings (SSSR count). The van der Waals surface area contributed by atoms with Gasteiger partial charge in [-0.15, -0.1) is 0 Å². The van der Waals surface area contributed by atoms with E-state index in [1.54, 1.807) is 0 Å². The van der Waals surface area contributed by atoms with Crippen LogP contribution in [0.2, 0.25) is 0 Å². The monoisotopic (exact) mass is 160 g/mol. The van der Waals surface area contributed by atoms with Crippen molar-refractivity contribution in [1.29, 1.82) is 0 Å². The van der Waals surface area contributed by atoms with Gasteiger partial charge in [-0.25, -0.2) is 4.79 Å². The van der Waals surface area contributed by atoms with Crippen LogP contribution in [0.4, 0.5) is 0 Å². The summed E-state index contributed by atoms with van der Waals surface area (Å²) >= 11 is 0.628. The molecule has 0 aliphatic heterocycles. The topological polar surface area (TPSA) is 77.8 Å². The summed E-state index contributed by atoms with van der Waals surface area (Å²) in [5, 5.41) is 25.6. The molecular weight excluding hydrogens is 156 g/mol. The molecule has 5 heteroatoms. The Morgan fingerprint density at radius 3 is 2.30 bits per heavy atom. The van der Waals surface area contributed by atoms with Crippen molar-refractivity contribution in [3.63, 3.8) is 0 Å². The van der Waals surface area contributed by atoms with E-state index in [4.69, 9.17) is 15.3 Å². The van der Waals surface area contributed by atoms with Gasteiger partial charge in [0, 0.05) is 6.07 Å². The zero-order chi connectivity index (χ0) is 7.72. The van der Waals surface area contributed by atoms with Crippen LogP contribution in [-0.4, -0.2) is 21.3 Å². The van der Waals surface area contributed by atoms with Crippen molar-refractivity contribution >= 4 is 17.3 Å². The maximum Gasteiger partial charge on any atom is 0.349 e. The van der Waals surface area contributed by atoms with Gasteiger partial charge in [0.2, 0.25) is 0 Å². The molecule has 0 saturated carbocycles. The van der Waals surface area contributed by atoms with Crippen molar-refractivity contribution in [2.24, 2.45) is 0 Å². The highest BCUT2D eigenvalue weighted by Gasteiger charge is 2.13. The number of rotatable bonds is 1. The summed E-state index contributed by atoms with van der Waals surface area (Å²) in [5.74, 6) is -1.63. The van der Waals surface area contributed by atoms with Crippen LogP contribution in [0.3, 0.4) is 0 Å². The molecule has 0 spiro atoms. The zero-order valence-corrected chi connectivity index (χ0v) is 5.55. The van der Waals surface area contributed by atoms with Crippen molar-refractivity contribution in [1.82, 2.24) is 0 Å². The number of carbonyl (C=O) groups is 1. The van der Waals surface area contributed by atoms with Gasteiger partial charge >= 0.3 is 5.97 Å². The van der Waals surface area contributed by atoms with Crippen molar-refractivity contribution in [3.8, 4) is 10.8 Å². The lowest BCUT2D eigenvalue weighted by Crippen LogP contribution is -1.90. The molecule has 3 N–H and O–H groups in total. The highest BCUT2D eigenvalue weighted by Crippen LogP contribution is 2.32. The van der Waals surface area contributed by atoms with E-state index in [9.17, 15) is 4.79 Å². The van der Waals surface area contributed by atoms with Crippen LogP contribution in [0, 0.1) is 0 Å². The molecule has 1 aromatic heterocycles. The molecule has 0 bridgehead atoms. The molecule has 0 aliphatic rings. The average molecular weight is 160 g/mol. The van der Waals surface area contributed by atoms with E-state index in [2.05, 4.69) is 0 Å². The van der Waals surface area contributed by atoms with Gasteiger partial charge in [0.1, 0.15) is 5.75 Å². The number of hydrogen-bond acceptors (Lipinski definition) is 4. The zero-order valence-electron chi connectivity index (χ0n) is 4.74. The summed E-state index contributed by atoms with van der Waals surface area (Å²) in [4.78, 5) is 9.94. The fourth-order valence-corrected chi connectivity index (χ4v) is 1.15. The van der Waals surface area contributed by atoms with Crippen LogP contribution in [0.15, 0.2) is 6.07 Å². The second-order valence-electron chi connectivity index (χ2n) is 1.60. The first kappa shape index (κ1) is 6.88. The first-order valence-electron chi connectivity index (χ1n) is 2.36. The lowest BCUT2D eigenvalue weighted by atomic mass is 10.4. The Balaban J connectivity index is 3.15. The third-order valence-electron chi connectivity index (χ3n) is 0.894. The highest BCUT2D eigenvalue weighted by molar-refractivity contribution is 7.16. The summed E-state index contributed by atoms with van der Waals surface area (Å²) in [7, 11) is 0. The van der Waals surface area contributed by atoms with Gasteiger partial charge in [-0.1, -0.05) is 11.3 Å². The minimum atomic E-state index is -1.23. The van der Waals surface area contributed by atoms with Crippen molar-refractivity contribution < 1.29 is 20.1 Å². The predicted molar refractivity (Wildman–Crippen MR) is 34.6 cm³/mol. The molecule has 0 radical (unpaired) electrons. The number of thiophene rings is 1. The Kier molecular flexibility index (Phi) is 1.50. The summed E-state index contributed by atoms with van der Waals surface area (Å²) in [6, 6.07) is 0.994. The molecule has 0 saturated heterocycles. The number of aromatic carboxylic acids is 1. The van der Waals surface area contributed by atoms with Crippen LogP contribution in [0.25, 0.3) is 0 Å². The van der Waals surface area contributed by atoms with Crippen molar-refractivity contribution in [3.05, 3.63) is 10.9 Å². The van der Waals surface area contributed by atoms with Crippen LogP contribution >= 0.6 is 11.3 Å². The van der Waals surface area contributed by atoms with Crippen molar-refractivity contribution in [2.75, 3.05) is 0 Å². The third-order valence-corrected chi connectivity index (χ3v) is 1.81. The quantitative estimate of drug-likeness (QED) is 0.569. The van der Waals surface area contributed by atoms with Gasteiger partial charge in [0.05, 0.1) is 0 Å². The van der Waals surface area contributed by atoms with Gasteiger partial charge in [0.15, 0.2) is 9.94 Å². The van der Waals surface area contributed by atoms with E-state index >= 15 is 0 Å². The molecule has 1 heterocycles. The molecule has 4 nitrogen and oxygen atoms in total. The molecule has 54 valence electrons. The normalized spacial score (nSPS) is 9.60. The van der Waals surface area contributed by atoms with E-state index in [1.807, 2.05) is 0 Å². The van der Waals surface area contributed by atoms with E-state index < -0.39 is 11.7 Å². The maximum absolute atomic E-state index is 10.2. The van der Waals surface area contributed by atoms with Crippen LogP contribution in [0.1, 0.15) is 9.67 Å². The molecule has 1 aromatic rings. The lowest BCUT2D eigenvalue weighted by Gasteiger charge is -1.84. The predicted octanol–water partition coefficient (Wildman–Crippen LogP) is 0.857. The van der Waals surface area contributed by atoms with Crippen molar-refractivity contribution in [2.45, 2.75) is 0 Å². The Bertz CT molecular complexity index is 265. The minimum Gasteiger partial charge on any atom is -0.506 e. The van der Waals surface area contributed by atoms with Crippen LogP contribution in [-0.2, 0) is 0 Å². The maximum atomic E-state index is 10.2. The number of hydrogen-bond donors (Lipinski definition) is 3. The summed E-state index contributed by atoms with van der Waals surface area (Å²) < 4.78 is 0. The van der Waals surface area contributed by atoms with E-state index in [1.165, 1.54) is 0 Å². The van der Waals surface area contributed by atoms with Gasteiger partial charge in [-0.05, 0) is 0 Å². The molecule has 0 aromatic carbocycles. The summed E-state index contributed by atoms with van der Waals surface area (Å²) in [5.41, 5.74) is 0. The largest absolute Gasteiger partial charge is 0.506 e. The highest BCUT2D eigenvalue weighted by atomic mass is 32.1. The molecule has 0 unspecified atom stereocenters. The summed E-state index contributed by atoms with van der Waals surface area (Å²) in [6.45, 7) is 0. The Labute approximate surface area is 60.0 Å². The standard InChI is InChI=1S/C5H4O4S/c6-2-1-3(7)10-4(2)5(8)9/h1,6-7H,(H,8,9). The Hall–Kier alpha value is -1.23. The second-order valence-corrected chi connectivity index (χ2v) is 2.63. The fraction of sp³-hybridized carbons (Fsp3) is 0. The van der Waals surface area contributed by atoms with Gasteiger partial charge in [-0.2, -0.15) is 0 Å². The molecule has 0 amide bonds. The third kappa shape index (κ3) is 1.03. The summed E-state index contributed by atoms with van der Waals surface area (Å²) in [6.07, 6.45) is 0. The first-order valence-corrected chi connectivity index (χ1v) is 3.18. The first-order chi connectivity index (χ1) is 4.61. The Morgan fingerprint density at radius 2 is 2.10 bits per heavy atom. The molecule has 0 atom stereocenters. The van der Waals surface area contributed by atoms with Gasteiger partial charge < -0.3 is 15.3 Å². The smallest absolute Gasteiger partial charge is 0.349 e. The van der Waals surface area contributed by atoms with Gasteiger partial charge in [0.25, 0.3) is 0 Å². The van der Waals surface area contributed by atoms with E-state index in [-0.39, 0.29) is 9.94 Å². The fourth-order valence-electron chi connectivity index (χ4n) is 0.522. The average Bonchev–Trinajstić information content (AvgIpc) is 2.10. The SMILES string of the molecule is O=C(O)c1sc(O)cc1O. The number of aromatic hydroxyl groups is 2. The van der Waals surface area contributed by atoms with Crippen LogP contribution < -0.4 is 0 Å². The lowest BCUT2D eigenvalue weighted by molar-refractivity contribution is 0.0699. The minimum absolute atomic E-state index is 0.199. The van der Waals surface area contributed by atoms with Crippen LogP contribution in [0.5, 0.6) is 10.8 Å². The molecule has 0 fully saturated rings. The number of carboxylic acids is 1. The van der Waals surface area contributed by atoms with E-state index in [0.29, 0.717) is 11.3 Å². The second kappa shape index (κ2) is 2.18. The molecule has 0 aliphatic carbocycles. The molecule has 10 heavy (non-hydrogen) atoms. The number of carboxylic acid groups (broad SMARTS) is 1. The van der Waals surface area contributed by atoms with Gasteiger partial charge in [-0.3, -0.25) is 0 Å². The van der Waals surface area contributed by atoms with E-state index in [0.717, 1.165) is 6.07 Å². The Morgan fingerprint density at radius 1 is 1.50 bits per heavy atom.